The van der Waals surface area contributed by atoms with Crippen LogP contribution >= 0.6 is 31.9 Å². The summed E-state index contributed by atoms with van der Waals surface area (Å²) in [7, 11) is 0. The minimum absolute atomic E-state index is 0.0103. The summed E-state index contributed by atoms with van der Waals surface area (Å²) < 4.78 is 10.9. The molecule has 0 saturated carbocycles. The highest BCUT2D eigenvalue weighted by Crippen LogP contribution is 2.48. The summed E-state index contributed by atoms with van der Waals surface area (Å²) in [4.78, 5) is 0.0347. The zero-order valence-electron chi connectivity index (χ0n) is 8.77. The van der Waals surface area contributed by atoms with Crippen molar-refractivity contribution in [3.8, 4) is 0 Å². The Morgan fingerprint density at radius 2 is 1.76 bits per heavy atom. The SMILES string of the molecule is OC1Cc2ccoc2C(Br)C(Br)c2ccoc21. The summed E-state index contributed by atoms with van der Waals surface area (Å²) >= 11 is 7.25. The van der Waals surface area contributed by atoms with Crippen molar-refractivity contribution >= 4 is 31.9 Å². The molecular weight excluding hydrogens is 352 g/mol. The van der Waals surface area contributed by atoms with Crippen LogP contribution in [-0.4, -0.2) is 5.11 Å². The van der Waals surface area contributed by atoms with Crippen LogP contribution in [0.2, 0.25) is 0 Å². The molecule has 0 aliphatic heterocycles. The second kappa shape index (κ2) is 4.30. The summed E-state index contributed by atoms with van der Waals surface area (Å²) in [5.41, 5.74) is 1.97. The molecule has 2 aromatic rings. The van der Waals surface area contributed by atoms with E-state index in [9.17, 15) is 5.11 Å². The highest BCUT2D eigenvalue weighted by Gasteiger charge is 2.33. The van der Waals surface area contributed by atoms with Gasteiger partial charge in [0.1, 0.15) is 17.6 Å². The van der Waals surface area contributed by atoms with Crippen molar-refractivity contribution in [1.29, 1.82) is 0 Å². The van der Waals surface area contributed by atoms with Gasteiger partial charge in [0.15, 0.2) is 0 Å². The van der Waals surface area contributed by atoms with Crippen molar-refractivity contribution in [3.05, 3.63) is 47.3 Å². The average Bonchev–Trinajstić information content (AvgIpc) is 2.93. The first-order valence-electron chi connectivity index (χ1n) is 5.28. The lowest BCUT2D eigenvalue weighted by molar-refractivity contribution is 0.147. The van der Waals surface area contributed by atoms with Gasteiger partial charge in [-0.1, -0.05) is 31.9 Å². The van der Waals surface area contributed by atoms with Crippen molar-refractivity contribution in [2.24, 2.45) is 0 Å². The zero-order valence-corrected chi connectivity index (χ0v) is 11.9. The number of aliphatic hydroxyl groups excluding tert-OH is 1. The van der Waals surface area contributed by atoms with E-state index in [0.717, 1.165) is 16.9 Å². The molecule has 0 spiro atoms. The fourth-order valence-corrected chi connectivity index (χ4v) is 3.48. The quantitative estimate of drug-likeness (QED) is 0.720. The van der Waals surface area contributed by atoms with E-state index in [1.807, 2.05) is 12.1 Å². The number of halogens is 2. The van der Waals surface area contributed by atoms with Gasteiger partial charge in [-0.15, -0.1) is 0 Å². The molecule has 0 radical (unpaired) electrons. The summed E-state index contributed by atoms with van der Waals surface area (Å²) in [6.45, 7) is 0. The van der Waals surface area contributed by atoms with Crippen LogP contribution < -0.4 is 0 Å². The highest BCUT2D eigenvalue weighted by molar-refractivity contribution is 9.12. The number of rotatable bonds is 0. The van der Waals surface area contributed by atoms with Gasteiger partial charge in [-0.05, 0) is 17.7 Å². The number of fused-ring (bicyclic) bond motifs is 2. The Labute approximate surface area is 115 Å². The van der Waals surface area contributed by atoms with Crippen molar-refractivity contribution in [3.63, 3.8) is 0 Å². The van der Waals surface area contributed by atoms with Crippen molar-refractivity contribution < 1.29 is 13.9 Å². The summed E-state index contributed by atoms with van der Waals surface area (Å²) in [6, 6.07) is 3.76. The van der Waals surface area contributed by atoms with E-state index < -0.39 is 6.10 Å². The highest BCUT2D eigenvalue weighted by atomic mass is 79.9. The number of hydrogen-bond acceptors (Lipinski definition) is 3. The summed E-state index contributed by atoms with van der Waals surface area (Å²) in [5, 5.41) is 10.2. The molecule has 3 unspecified atom stereocenters. The number of aliphatic hydroxyl groups is 1. The van der Waals surface area contributed by atoms with E-state index >= 15 is 0 Å². The second-order valence-corrected chi connectivity index (χ2v) is 6.05. The normalized spacial score (nSPS) is 28.1. The van der Waals surface area contributed by atoms with Crippen molar-refractivity contribution in [2.75, 3.05) is 0 Å². The molecule has 1 aliphatic carbocycles. The van der Waals surface area contributed by atoms with Gasteiger partial charge in [0, 0.05) is 12.0 Å². The topological polar surface area (TPSA) is 46.5 Å². The predicted octanol–water partition coefficient (Wildman–Crippen LogP) is 4.03. The molecule has 2 aromatic heterocycles. The van der Waals surface area contributed by atoms with Gasteiger partial charge < -0.3 is 13.9 Å². The Hall–Kier alpha value is -0.520. The minimum atomic E-state index is -0.628. The van der Waals surface area contributed by atoms with Gasteiger partial charge >= 0.3 is 0 Å². The molecular formula is C12H10Br2O3. The Kier molecular flexibility index (Phi) is 2.92. The molecule has 90 valence electrons. The van der Waals surface area contributed by atoms with E-state index in [1.54, 1.807) is 12.5 Å². The van der Waals surface area contributed by atoms with Gasteiger partial charge in [0.25, 0.3) is 0 Å². The Morgan fingerprint density at radius 3 is 2.59 bits per heavy atom. The van der Waals surface area contributed by atoms with Gasteiger partial charge in [-0.2, -0.15) is 0 Å². The van der Waals surface area contributed by atoms with Crippen LogP contribution in [-0.2, 0) is 6.42 Å². The fourth-order valence-electron chi connectivity index (χ4n) is 2.18. The number of hydrogen-bond donors (Lipinski definition) is 1. The van der Waals surface area contributed by atoms with Crippen LogP contribution in [0, 0.1) is 0 Å². The third-order valence-electron chi connectivity index (χ3n) is 3.03. The molecule has 0 fully saturated rings. The zero-order chi connectivity index (χ0) is 12.0. The Morgan fingerprint density at radius 1 is 1.06 bits per heavy atom. The standard InChI is InChI=1S/C12H10Br2O3/c13-9-7-2-4-17-12(7)8(15)5-6-1-3-16-11(6)10(9)14/h1-4,8-10,15H,5H2. The van der Waals surface area contributed by atoms with Crippen LogP contribution in [0.25, 0.3) is 0 Å². The van der Waals surface area contributed by atoms with Gasteiger partial charge in [0.2, 0.25) is 0 Å². The van der Waals surface area contributed by atoms with Crippen LogP contribution in [0.5, 0.6) is 0 Å². The molecule has 1 aliphatic rings. The molecule has 2 heterocycles. The third kappa shape index (κ3) is 1.80. The molecule has 3 atom stereocenters. The van der Waals surface area contributed by atoms with E-state index in [0.29, 0.717) is 12.2 Å². The smallest absolute Gasteiger partial charge is 0.136 e. The second-order valence-electron chi connectivity index (χ2n) is 4.07. The summed E-state index contributed by atoms with van der Waals surface area (Å²) in [6.07, 6.45) is 3.14. The third-order valence-corrected chi connectivity index (χ3v) is 5.70. The van der Waals surface area contributed by atoms with Crippen molar-refractivity contribution in [1.82, 2.24) is 0 Å². The molecule has 1 N–H and O–H groups in total. The van der Waals surface area contributed by atoms with E-state index in [4.69, 9.17) is 8.83 Å². The minimum Gasteiger partial charge on any atom is -0.468 e. The van der Waals surface area contributed by atoms with Crippen LogP contribution in [0.4, 0.5) is 0 Å². The maximum atomic E-state index is 10.2. The maximum Gasteiger partial charge on any atom is 0.136 e. The first-order valence-corrected chi connectivity index (χ1v) is 7.11. The molecule has 0 bridgehead atoms. The van der Waals surface area contributed by atoms with Gasteiger partial charge in [-0.25, -0.2) is 0 Å². The van der Waals surface area contributed by atoms with Gasteiger partial charge in [-0.3, -0.25) is 0 Å². The average molecular weight is 362 g/mol. The van der Waals surface area contributed by atoms with Crippen LogP contribution in [0.1, 0.15) is 38.4 Å². The summed E-state index contributed by atoms with van der Waals surface area (Å²) in [5.74, 6) is 1.49. The first kappa shape index (κ1) is 11.6. The van der Waals surface area contributed by atoms with E-state index in [2.05, 4.69) is 31.9 Å². The van der Waals surface area contributed by atoms with Gasteiger partial charge in [0.05, 0.1) is 22.2 Å². The lowest BCUT2D eigenvalue weighted by atomic mass is 9.96. The molecule has 0 aromatic carbocycles. The Balaban J connectivity index is 2.13. The first-order chi connectivity index (χ1) is 8.18. The molecule has 0 amide bonds. The maximum absolute atomic E-state index is 10.2. The lowest BCUT2D eigenvalue weighted by Crippen LogP contribution is -2.11. The number of furan rings is 2. The molecule has 5 heteroatoms. The van der Waals surface area contributed by atoms with E-state index in [-0.39, 0.29) is 9.65 Å². The molecule has 0 saturated heterocycles. The van der Waals surface area contributed by atoms with Crippen molar-refractivity contribution in [2.45, 2.75) is 22.2 Å². The molecule has 3 rings (SSSR count). The molecule has 17 heavy (non-hydrogen) atoms. The predicted molar refractivity (Wildman–Crippen MR) is 69.4 cm³/mol. The van der Waals surface area contributed by atoms with Crippen LogP contribution in [0.15, 0.2) is 33.5 Å². The Bertz CT molecular complexity index is 531. The number of alkyl halides is 2. The van der Waals surface area contributed by atoms with E-state index in [1.165, 1.54) is 0 Å². The van der Waals surface area contributed by atoms with Crippen LogP contribution in [0.3, 0.4) is 0 Å². The lowest BCUT2D eigenvalue weighted by Gasteiger charge is -2.21. The fraction of sp³-hybridized carbons (Fsp3) is 0.333. The monoisotopic (exact) mass is 360 g/mol. The largest absolute Gasteiger partial charge is 0.468 e. The molecule has 3 nitrogen and oxygen atoms in total.